The van der Waals surface area contributed by atoms with E-state index >= 15 is 0 Å². The van der Waals surface area contributed by atoms with E-state index in [2.05, 4.69) is 65.2 Å². The van der Waals surface area contributed by atoms with Gasteiger partial charge in [0.1, 0.15) is 12.3 Å². The molecule has 1 aliphatic rings. The van der Waals surface area contributed by atoms with Crippen molar-refractivity contribution in [1.82, 2.24) is 30.1 Å². The Labute approximate surface area is 211 Å². The van der Waals surface area contributed by atoms with Crippen LogP contribution in [0.2, 0.25) is 0 Å². The third-order valence-electron chi connectivity index (χ3n) is 7.48. The summed E-state index contributed by atoms with van der Waals surface area (Å²) in [5.41, 5.74) is 3.99. The average Bonchev–Trinajstić information content (AvgIpc) is 3.52. The zero-order chi connectivity index (χ0) is 25.2. The molecule has 1 N–H and O–H groups in total. The van der Waals surface area contributed by atoms with Crippen molar-refractivity contribution in [1.29, 1.82) is 0 Å². The molecule has 3 aromatic heterocycles. The van der Waals surface area contributed by atoms with E-state index in [0.29, 0.717) is 19.1 Å². The highest BCUT2D eigenvalue weighted by Crippen LogP contribution is 2.35. The Kier molecular flexibility index (Phi) is 7.05. The van der Waals surface area contributed by atoms with E-state index in [1.807, 2.05) is 22.9 Å². The van der Waals surface area contributed by atoms with Crippen LogP contribution < -0.4 is 5.56 Å². The van der Waals surface area contributed by atoms with E-state index in [1.165, 1.54) is 24.8 Å². The third kappa shape index (κ3) is 5.00. The smallest absolute Gasteiger partial charge is 0.252 e. The molecular formula is C28H36N6O2. The Morgan fingerprint density at radius 1 is 1.17 bits per heavy atom. The molecule has 1 aromatic carbocycles. The molecule has 190 valence electrons. The number of aromatic nitrogens is 5. The van der Waals surface area contributed by atoms with E-state index < -0.39 is 0 Å². The standard InChI is InChI=1S/C28H36N6O2/c1-18(2)26(27-30-31-32-34(27)17-23-11-8-12-36-23)33(22-9-6-5-7-10-22)16-21-15-24-20(4)13-19(3)14-25(24)29-28(21)35/h8,11-15,18,22,26H,5-7,9-10,16-17H2,1-4H3,(H,29,35)/t26-/m0/s1. The number of hydrogen-bond acceptors (Lipinski definition) is 6. The fraction of sp³-hybridized carbons (Fsp3) is 0.500. The minimum absolute atomic E-state index is 0.0222. The average molecular weight is 489 g/mol. The summed E-state index contributed by atoms with van der Waals surface area (Å²) in [6, 6.07) is 10.5. The lowest BCUT2D eigenvalue weighted by Crippen LogP contribution is -2.43. The minimum Gasteiger partial charge on any atom is -0.467 e. The summed E-state index contributed by atoms with van der Waals surface area (Å²) in [6.07, 6.45) is 7.58. The topological polar surface area (TPSA) is 92.8 Å². The van der Waals surface area contributed by atoms with Gasteiger partial charge in [-0.25, -0.2) is 4.68 Å². The number of pyridine rings is 1. The Bertz CT molecular complexity index is 1360. The fourth-order valence-electron chi connectivity index (χ4n) is 5.81. The van der Waals surface area contributed by atoms with E-state index in [-0.39, 0.29) is 17.5 Å². The molecule has 1 atom stereocenters. The number of nitrogens with zero attached hydrogens (tertiary/aromatic N) is 5. The maximum Gasteiger partial charge on any atom is 0.252 e. The van der Waals surface area contributed by atoms with Crippen molar-refractivity contribution in [2.45, 2.75) is 85.0 Å². The number of H-pyrrole nitrogens is 1. The lowest BCUT2D eigenvalue weighted by Gasteiger charge is -2.41. The van der Waals surface area contributed by atoms with E-state index in [9.17, 15) is 4.79 Å². The van der Waals surface area contributed by atoms with Crippen molar-refractivity contribution >= 4 is 10.9 Å². The molecule has 3 heterocycles. The third-order valence-corrected chi connectivity index (χ3v) is 7.48. The van der Waals surface area contributed by atoms with Gasteiger partial charge < -0.3 is 9.40 Å². The first-order valence-corrected chi connectivity index (χ1v) is 13.1. The molecule has 5 rings (SSSR count). The van der Waals surface area contributed by atoms with E-state index in [1.54, 1.807) is 6.26 Å². The second kappa shape index (κ2) is 10.4. The fourth-order valence-corrected chi connectivity index (χ4v) is 5.81. The highest BCUT2D eigenvalue weighted by molar-refractivity contribution is 5.83. The van der Waals surface area contributed by atoms with Crippen molar-refractivity contribution in [3.05, 3.63) is 75.2 Å². The highest BCUT2D eigenvalue weighted by Gasteiger charge is 2.35. The van der Waals surface area contributed by atoms with Gasteiger partial charge in [-0.2, -0.15) is 0 Å². The van der Waals surface area contributed by atoms with Crippen LogP contribution in [-0.2, 0) is 13.1 Å². The van der Waals surface area contributed by atoms with E-state index in [0.717, 1.165) is 46.5 Å². The molecule has 0 aliphatic heterocycles. The van der Waals surface area contributed by atoms with Gasteiger partial charge in [0, 0.05) is 29.1 Å². The Morgan fingerprint density at radius 3 is 2.69 bits per heavy atom. The lowest BCUT2D eigenvalue weighted by atomic mass is 9.90. The lowest BCUT2D eigenvalue weighted by molar-refractivity contribution is 0.0610. The molecule has 0 unspecified atom stereocenters. The summed E-state index contributed by atoms with van der Waals surface area (Å²) < 4.78 is 7.42. The van der Waals surface area contributed by atoms with Gasteiger partial charge in [-0.05, 0) is 78.4 Å². The van der Waals surface area contributed by atoms with Crippen molar-refractivity contribution in [2.75, 3.05) is 0 Å². The Balaban J connectivity index is 1.56. The maximum absolute atomic E-state index is 13.3. The van der Waals surface area contributed by atoms with Crippen molar-refractivity contribution < 1.29 is 4.42 Å². The molecule has 4 aromatic rings. The van der Waals surface area contributed by atoms with Gasteiger partial charge in [0.15, 0.2) is 5.82 Å². The normalized spacial score (nSPS) is 15.8. The minimum atomic E-state index is -0.0349. The molecule has 0 amide bonds. The van der Waals surface area contributed by atoms with Crippen LogP contribution in [0.15, 0.2) is 45.8 Å². The molecule has 36 heavy (non-hydrogen) atoms. The molecule has 0 saturated heterocycles. The van der Waals surface area contributed by atoms with Gasteiger partial charge >= 0.3 is 0 Å². The van der Waals surface area contributed by atoms with Crippen LogP contribution in [0.1, 0.15) is 80.3 Å². The molecule has 0 spiro atoms. The number of rotatable bonds is 8. The zero-order valence-corrected chi connectivity index (χ0v) is 21.7. The number of furan rings is 1. The maximum atomic E-state index is 13.3. The van der Waals surface area contributed by atoms with Crippen LogP contribution in [0.3, 0.4) is 0 Å². The number of fused-ring (bicyclic) bond motifs is 1. The summed E-state index contributed by atoms with van der Waals surface area (Å²) in [5, 5.41) is 14.0. The molecule has 8 nitrogen and oxygen atoms in total. The number of hydrogen-bond donors (Lipinski definition) is 1. The number of aromatic amines is 1. The van der Waals surface area contributed by atoms with Crippen LogP contribution >= 0.6 is 0 Å². The summed E-state index contributed by atoms with van der Waals surface area (Å²) in [6.45, 7) is 9.62. The first kappa shape index (κ1) is 24.4. The van der Waals surface area contributed by atoms with Gasteiger partial charge in [0.05, 0.1) is 12.3 Å². The van der Waals surface area contributed by atoms with Crippen LogP contribution in [-0.4, -0.2) is 36.1 Å². The molecule has 0 bridgehead atoms. The molecular weight excluding hydrogens is 452 g/mol. The summed E-state index contributed by atoms with van der Waals surface area (Å²) in [4.78, 5) is 18.9. The zero-order valence-electron chi connectivity index (χ0n) is 21.7. The van der Waals surface area contributed by atoms with Gasteiger partial charge in [-0.3, -0.25) is 9.69 Å². The van der Waals surface area contributed by atoms with Crippen LogP contribution in [0.25, 0.3) is 10.9 Å². The monoisotopic (exact) mass is 488 g/mol. The first-order chi connectivity index (χ1) is 17.4. The van der Waals surface area contributed by atoms with Crippen molar-refractivity contribution in [3.63, 3.8) is 0 Å². The van der Waals surface area contributed by atoms with Gasteiger partial charge in [-0.1, -0.05) is 39.2 Å². The summed E-state index contributed by atoms with van der Waals surface area (Å²) in [7, 11) is 0. The Morgan fingerprint density at radius 2 is 1.97 bits per heavy atom. The second-order valence-corrected chi connectivity index (χ2v) is 10.6. The molecule has 0 radical (unpaired) electrons. The molecule has 1 saturated carbocycles. The quantitative estimate of drug-likeness (QED) is 0.362. The highest BCUT2D eigenvalue weighted by atomic mass is 16.3. The van der Waals surface area contributed by atoms with Crippen molar-refractivity contribution in [2.24, 2.45) is 5.92 Å². The SMILES string of the molecule is Cc1cc(C)c2cc(CN(C3CCCCC3)[C@H](c3nnnn3Cc3ccco3)C(C)C)c(=O)[nH]c2c1. The number of aryl methyl sites for hydroxylation is 2. The molecule has 1 aliphatic carbocycles. The number of tetrazole rings is 1. The van der Waals surface area contributed by atoms with Gasteiger partial charge in [0.25, 0.3) is 5.56 Å². The van der Waals surface area contributed by atoms with Gasteiger partial charge in [-0.15, -0.1) is 5.10 Å². The summed E-state index contributed by atoms with van der Waals surface area (Å²) in [5.74, 6) is 1.88. The number of nitrogens with one attached hydrogen (secondary N) is 1. The van der Waals surface area contributed by atoms with Crippen molar-refractivity contribution in [3.8, 4) is 0 Å². The first-order valence-electron chi connectivity index (χ1n) is 13.1. The van der Waals surface area contributed by atoms with Crippen LogP contribution in [0.5, 0.6) is 0 Å². The summed E-state index contributed by atoms with van der Waals surface area (Å²) >= 11 is 0. The second-order valence-electron chi connectivity index (χ2n) is 10.6. The predicted octanol–water partition coefficient (Wildman–Crippen LogP) is 5.30. The van der Waals surface area contributed by atoms with Crippen LogP contribution in [0.4, 0.5) is 0 Å². The van der Waals surface area contributed by atoms with Gasteiger partial charge in [0.2, 0.25) is 0 Å². The van der Waals surface area contributed by atoms with Crippen LogP contribution in [0, 0.1) is 19.8 Å². The number of benzene rings is 1. The van der Waals surface area contributed by atoms with E-state index in [4.69, 9.17) is 4.42 Å². The Hall–Kier alpha value is -3.26. The molecule has 1 fully saturated rings. The molecule has 8 heteroatoms. The predicted molar refractivity (Wildman–Crippen MR) is 140 cm³/mol. The largest absolute Gasteiger partial charge is 0.467 e.